The van der Waals surface area contributed by atoms with Crippen LogP contribution in [-0.4, -0.2) is 19.4 Å². The molecule has 10 heteroatoms. The summed E-state index contributed by atoms with van der Waals surface area (Å²) in [5.74, 6) is 0. The normalized spacial score (nSPS) is 13.5. The van der Waals surface area contributed by atoms with E-state index in [-0.39, 0.29) is 5.56 Å². The maximum atomic E-state index is 13.9. The molecule has 2 aromatic rings. The van der Waals surface area contributed by atoms with Gasteiger partial charge in [-0.25, -0.2) is 4.18 Å². The summed E-state index contributed by atoms with van der Waals surface area (Å²) in [5, 5.41) is 10.7. The minimum atomic E-state index is -4.65. The Balaban J connectivity index is 2.45. The van der Waals surface area contributed by atoms with Gasteiger partial charge in [-0.3, -0.25) is 10.1 Å². The summed E-state index contributed by atoms with van der Waals surface area (Å²) in [6.07, 6.45) is -2.60. The van der Waals surface area contributed by atoms with E-state index >= 15 is 0 Å². The average molecular weight is 422 g/mol. The molecule has 0 bridgehead atoms. The number of halogens is 3. The second-order valence-corrected chi connectivity index (χ2v) is 7.13. The highest BCUT2D eigenvalue weighted by Gasteiger charge is 2.56. The first-order valence-corrected chi connectivity index (χ1v) is 8.61. The number of alkyl halides is 2. The van der Waals surface area contributed by atoms with Crippen LogP contribution in [0, 0.1) is 10.1 Å². The standard InChI is InChI=1S/C14H10BrF2NO5S/c15-11-6-8-12(9-7-11)24(21,22)23-13(14(16,17)18(19)20)10-4-2-1-3-5-10/h1-9,13H. The summed E-state index contributed by atoms with van der Waals surface area (Å²) in [7, 11) is -4.65. The highest BCUT2D eigenvalue weighted by Crippen LogP contribution is 2.37. The van der Waals surface area contributed by atoms with Crippen molar-refractivity contribution < 1.29 is 26.3 Å². The monoisotopic (exact) mass is 421 g/mol. The third kappa shape index (κ3) is 3.94. The van der Waals surface area contributed by atoms with Gasteiger partial charge in [-0.05, 0) is 29.8 Å². The number of nitrogens with zero attached hydrogens (tertiary/aromatic N) is 1. The lowest BCUT2D eigenvalue weighted by molar-refractivity contribution is -0.657. The molecule has 128 valence electrons. The number of nitro groups is 1. The summed E-state index contributed by atoms with van der Waals surface area (Å²) in [4.78, 5) is 8.41. The molecule has 0 heterocycles. The SMILES string of the molecule is O=[N+]([O-])C(F)(F)C(OS(=O)(=O)c1ccc(Br)cc1)c1ccccc1. The topological polar surface area (TPSA) is 86.5 Å². The predicted molar refractivity (Wildman–Crippen MR) is 83.5 cm³/mol. The van der Waals surface area contributed by atoms with Crippen LogP contribution in [0.5, 0.6) is 0 Å². The molecule has 2 aromatic carbocycles. The van der Waals surface area contributed by atoms with Crippen molar-refractivity contribution in [1.82, 2.24) is 0 Å². The van der Waals surface area contributed by atoms with Crippen molar-refractivity contribution in [3.05, 3.63) is 74.7 Å². The molecule has 0 spiro atoms. The Hall–Kier alpha value is -1.91. The van der Waals surface area contributed by atoms with Gasteiger partial charge in [0, 0.05) is 4.47 Å². The van der Waals surface area contributed by atoms with E-state index < -0.39 is 32.1 Å². The Morgan fingerprint density at radius 3 is 2.12 bits per heavy atom. The van der Waals surface area contributed by atoms with Gasteiger partial charge < -0.3 is 0 Å². The molecule has 2 rings (SSSR count). The van der Waals surface area contributed by atoms with Crippen LogP contribution >= 0.6 is 15.9 Å². The van der Waals surface area contributed by atoms with Crippen molar-refractivity contribution >= 4 is 26.0 Å². The molecule has 0 fully saturated rings. The Morgan fingerprint density at radius 2 is 1.62 bits per heavy atom. The van der Waals surface area contributed by atoms with Gasteiger partial charge in [0.05, 0.1) is 9.82 Å². The maximum absolute atomic E-state index is 13.9. The fraction of sp³-hybridized carbons (Fsp3) is 0.143. The van der Waals surface area contributed by atoms with Crippen molar-refractivity contribution in [3.8, 4) is 0 Å². The van der Waals surface area contributed by atoms with E-state index in [0.717, 1.165) is 24.3 Å². The Kier molecular flexibility index (Phi) is 5.31. The third-order valence-electron chi connectivity index (χ3n) is 2.99. The molecule has 1 unspecified atom stereocenters. The van der Waals surface area contributed by atoms with Crippen molar-refractivity contribution in [2.75, 3.05) is 0 Å². The minimum Gasteiger partial charge on any atom is -0.259 e. The zero-order chi connectivity index (χ0) is 18.0. The second-order valence-electron chi connectivity index (χ2n) is 4.64. The van der Waals surface area contributed by atoms with Gasteiger partial charge in [0.15, 0.2) is 0 Å². The van der Waals surface area contributed by atoms with E-state index in [1.807, 2.05) is 0 Å². The molecule has 0 aliphatic rings. The fourth-order valence-corrected chi connectivity index (χ4v) is 3.15. The molecule has 0 N–H and O–H groups in total. The van der Waals surface area contributed by atoms with Gasteiger partial charge in [-0.2, -0.15) is 8.42 Å². The summed E-state index contributed by atoms with van der Waals surface area (Å²) in [6.45, 7) is 0. The van der Waals surface area contributed by atoms with E-state index in [0.29, 0.717) is 4.47 Å². The van der Waals surface area contributed by atoms with E-state index in [4.69, 9.17) is 0 Å². The van der Waals surface area contributed by atoms with E-state index in [9.17, 15) is 27.3 Å². The number of rotatable bonds is 6. The molecular weight excluding hydrogens is 412 g/mol. The lowest BCUT2D eigenvalue weighted by Gasteiger charge is -2.20. The molecule has 0 saturated heterocycles. The van der Waals surface area contributed by atoms with Crippen LogP contribution in [-0.2, 0) is 14.3 Å². The van der Waals surface area contributed by atoms with Crippen LogP contribution in [0.15, 0.2) is 64.0 Å². The Morgan fingerprint density at radius 1 is 1.08 bits per heavy atom. The van der Waals surface area contributed by atoms with Crippen molar-refractivity contribution in [2.45, 2.75) is 17.0 Å². The highest BCUT2D eigenvalue weighted by atomic mass is 79.9. The van der Waals surface area contributed by atoms with Crippen LogP contribution in [0.3, 0.4) is 0 Å². The van der Waals surface area contributed by atoms with Crippen LogP contribution in [0.25, 0.3) is 0 Å². The summed E-state index contributed by atoms with van der Waals surface area (Å²) in [5.41, 5.74) is -0.333. The largest absolute Gasteiger partial charge is 0.543 e. The maximum Gasteiger partial charge on any atom is 0.543 e. The summed E-state index contributed by atoms with van der Waals surface area (Å²) in [6, 6.07) is 6.80. The lowest BCUT2D eigenvalue weighted by atomic mass is 10.1. The van der Waals surface area contributed by atoms with Crippen molar-refractivity contribution in [3.63, 3.8) is 0 Å². The van der Waals surface area contributed by atoms with E-state index in [1.165, 1.54) is 30.3 Å². The molecule has 0 aliphatic carbocycles. The zero-order valence-corrected chi connectivity index (χ0v) is 14.2. The Bertz CT molecular complexity index is 828. The summed E-state index contributed by atoms with van der Waals surface area (Å²) < 4.78 is 57.3. The number of benzene rings is 2. The van der Waals surface area contributed by atoms with Gasteiger partial charge in [0.25, 0.3) is 10.1 Å². The smallest absolute Gasteiger partial charge is 0.259 e. The van der Waals surface area contributed by atoms with Gasteiger partial charge in [-0.15, -0.1) is 8.78 Å². The molecule has 0 saturated carbocycles. The van der Waals surface area contributed by atoms with Crippen LogP contribution in [0.1, 0.15) is 11.7 Å². The minimum absolute atomic E-state index is 0.333. The Labute approximate surface area is 144 Å². The average Bonchev–Trinajstić information content (AvgIpc) is 2.53. The molecular formula is C14H10BrF2NO5S. The van der Waals surface area contributed by atoms with Crippen LogP contribution in [0.2, 0.25) is 0 Å². The van der Waals surface area contributed by atoms with Gasteiger partial charge in [0.2, 0.25) is 6.10 Å². The van der Waals surface area contributed by atoms with Gasteiger partial charge >= 0.3 is 6.05 Å². The fourth-order valence-electron chi connectivity index (χ4n) is 1.82. The number of hydrogen-bond acceptors (Lipinski definition) is 5. The predicted octanol–water partition coefficient (Wildman–Crippen LogP) is 3.77. The number of hydrogen-bond donors (Lipinski definition) is 0. The van der Waals surface area contributed by atoms with Crippen molar-refractivity contribution in [2.24, 2.45) is 0 Å². The first-order valence-electron chi connectivity index (χ1n) is 6.40. The molecule has 24 heavy (non-hydrogen) atoms. The van der Waals surface area contributed by atoms with Gasteiger partial charge in [-0.1, -0.05) is 46.3 Å². The first kappa shape index (κ1) is 18.4. The molecule has 0 aromatic heterocycles. The van der Waals surface area contributed by atoms with Crippen molar-refractivity contribution in [1.29, 1.82) is 0 Å². The van der Waals surface area contributed by atoms with Crippen LogP contribution in [0.4, 0.5) is 8.78 Å². The highest BCUT2D eigenvalue weighted by molar-refractivity contribution is 9.10. The van der Waals surface area contributed by atoms with E-state index in [2.05, 4.69) is 20.1 Å². The van der Waals surface area contributed by atoms with E-state index in [1.54, 1.807) is 0 Å². The quantitative estimate of drug-likeness (QED) is 0.306. The molecule has 0 radical (unpaired) electrons. The van der Waals surface area contributed by atoms with Gasteiger partial charge in [0.1, 0.15) is 0 Å². The molecule has 6 nitrogen and oxygen atoms in total. The second kappa shape index (κ2) is 6.91. The van der Waals surface area contributed by atoms with Crippen LogP contribution < -0.4 is 0 Å². The molecule has 0 aliphatic heterocycles. The molecule has 0 amide bonds. The third-order valence-corrected chi connectivity index (χ3v) is 4.81. The molecule has 1 atom stereocenters. The lowest BCUT2D eigenvalue weighted by Crippen LogP contribution is -2.37. The first-order chi connectivity index (χ1) is 11.1. The summed E-state index contributed by atoms with van der Waals surface area (Å²) >= 11 is 3.11. The zero-order valence-electron chi connectivity index (χ0n) is 11.8.